The Morgan fingerprint density at radius 1 is 0.421 bits per heavy atom. The zero-order valence-corrected chi connectivity index (χ0v) is 37.1. The van der Waals surface area contributed by atoms with Gasteiger partial charge in [-0.15, -0.1) is 0 Å². The summed E-state index contributed by atoms with van der Waals surface area (Å²) in [6.07, 6.45) is -4.47. The summed E-state index contributed by atoms with van der Waals surface area (Å²) in [5.41, 5.74) is 0.236. The van der Waals surface area contributed by atoms with E-state index in [1.54, 1.807) is 0 Å². The van der Waals surface area contributed by atoms with Crippen LogP contribution >= 0.6 is 0 Å². The molecular formula is C45H25F16N3O12. The number of nitrogens with one attached hydrogen (secondary N) is 1. The summed E-state index contributed by atoms with van der Waals surface area (Å²) in [6, 6.07) is 3.25. The van der Waals surface area contributed by atoms with Crippen LogP contribution in [0.4, 0.5) is 75.0 Å². The van der Waals surface area contributed by atoms with Crippen LogP contribution in [0.3, 0.4) is 0 Å². The first-order chi connectivity index (χ1) is 35.7. The number of hydrogen-bond donors (Lipinski definition) is 1. The number of halogens is 16. The molecule has 404 valence electrons. The predicted molar refractivity (Wildman–Crippen MR) is 214 cm³/mol. The van der Waals surface area contributed by atoms with Crippen LogP contribution in [-0.2, 0) is 40.1 Å². The molecule has 0 saturated carbocycles. The van der Waals surface area contributed by atoms with Crippen LogP contribution in [0.2, 0.25) is 0 Å². The normalized spacial score (nSPS) is 11.3. The van der Waals surface area contributed by atoms with Crippen LogP contribution in [0.5, 0.6) is 23.0 Å². The van der Waals surface area contributed by atoms with Gasteiger partial charge in [-0.3, -0.25) is 9.59 Å². The first kappa shape index (κ1) is 58.0. The molecule has 0 aliphatic rings. The first-order valence-corrected chi connectivity index (χ1v) is 20.4. The zero-order valence-electron chi connectivity index (χ0n) is 37.1. The topological polar surface area (TPSA) is 184 Å². The second-order valence-corrected chi connectivity index (χ2v) is 14.8. The summed E-state index contributed by atoms with van der Waals surface area (Å²) in [4.78, 5) is 92.8. The zero-order chi connectivity index (χ0) is 56.5. The fourth-order valence-electron chi connectivity index (χ4n) is 6.03. The molecule has 5 rings (SSSR count). The molecule has 1 unspecified atom stereocenters. The van der Waals surface area contributed by atoms with Crippen molar-refractivity contribution in [2.24, 2.45) is 0 Å². The second-order valence-electron chi connectivity index (χ2n) is 14.8. The van der Waals surface area contributed by atoms with Gasteiger partial charge in [0.2, 0.25) is 81.4 Å². The van der Waals surface area contributed by atoms with Gasteiger partial charge in [0.1, 0.15) is 38.8 Å². The Balaban J connectivity index is 1.51. The van der Waals surface area contributed by atoms with Crippen LogP contribution in [0.25, 0.3) is 0 Å². The van der Waals surface area contributed by atoms with Crippen molar-refractivity contribution in [2.75, 3.05) is 26.2 Å². The monoisotopic (exact) mass is 1100 g/mol. The van der Waals surface area contributed by atoms with E-state index < -0.39 is 210 Å². The van der Waals surface area contributed by atoms with Gasteiger partial charge in [-0.05, 0) is 12.0 Å². The summed E-state index contributed by atoms with van der Waals surface area (Å²) in [7, 11) is 0. The lowest BCUT2D eigenvalue weighted by Gasteiger charge is -2.27. The molecule has 5 aromatic rings. The van der Waals surface area contributed by atoms with E-state index in [9.17, 15) is 104 Å². The third-order valence-electron chi connectivity index (χ3n) is 9.54. The highest BCUT2D eigenvalue weighted by atomic mass is 19.2. The van der Waals surface area contributed by atoms with E-state index in [2.05, 4.69) is 18.9 Å². The SMILES string of the molecule is O=C(CN(CC(=O)Oc1c(F)c(F)cc(F)c1F)C(=O)CCC(NC(=O)OCc1ccccc1)C(=O)N(CC(=O)Oc1c(F)c(F)cc(F)c1F)CC(=O)Oc1c(F)c(F)cc(F)c1F)Oc1c(F)c(F)cc(F)c1F. The van der Waals surface area contributed by atoms with E-state index >= 15 is 0 Å². The fraction of sp³-hybridized carbons (Fsp3) is 0.178. The van der Waals surface area contributed by atoms with E-state index in [4.69, 9.17) is 4.74 Å². The molecule has 0 fully saturated rings. The second kappa shape index (κ2) is 24.9. The van der Waals surface area contributed by atoms with Crippen molar-refractivity contribution in [3.63, 3.8) is 0 Å². The Morgan fingerprint density at radius 3 is 1.01 bits per heavy atom. The lowest BCUT2D eigenvalue weighted by Crippen LogP contribution is -2.52. The minimum Gasteiger partial charge on any atom is -0.445 e. The highest BCUT2D eigenvalue weighted by molar-refractivity contribution is 5.93. The summed E-state index contributed by atoms with van der Waals surface area (Å²) in [5, 5.41) is 1.81. The van der Waals surface area contributed by atoms with Gasteiger partial charge >= 0.3 is 30.0 Å². The van der Waals surface area contributed by atoms with E-state index in [-0.39, 0.29) is 39.6 Å². The van der Waals surface area contributed by atoms with Crippen LogP contribution in [0, 0.1) is 93.1 Å². The maximum atomic E-state index is 14.5. The van der Waals surface area contributed by atoms with E-state index in [1.165, 1.54) is 30.3 Å². The number of amides is 3. The standard InChI is InChI=1S/C45H25F16N3O12/c46-18-8-19(47)33(55)40(32(18)54)73-28(66)12-63(13-29(67)74-41-34(56)20(48)9-21(49)35(41)57)27(65)7-6-26(62-45(71)72-16-17-4-2-1-3-5-17)44(70)64(14-30(68)75-42-36(58)22(50)10-23(51)37(42)59)15-31(69)76-43-38(60)24(52)11-25(53)39(43)61/h1-5,8-11,26H,6-7,12-16H2,(H,62,71). The molecule has 0 heterocycles. The van der Waals surface area contributed by atoms with Crippen molar-refractivity contribution in [1.82, 2.24) is 15.1 Å². The van der Waals surface area contributed by atoms with Gasteiger partial charge in [0.15, 0.2) is 46.5 Å². The minimum absolute atomic E-state index is 0.161. The van der Waals surface area contributed by atoms with Gasteiger partial charge in [-0.1, -0.05) is 30.3 Å². The van der Waals surface area contributed by atoms with Crippen molar-refractivity contribution in [3.05, 3.63) is 153 Å². The number of ether oxygens (including phenoxy) is 5. The van der Waals surface area contributed by atoms with Crippen LogP contribution in [0.1, 0.15) is 18.4 Å². The molecule has 0 saturated heterocycles. The largest absolute Gasteiger partial charge is 0.445 e. The van der Waals surface area contributed by atoms with Crippen LogP contribution in [-0.4, -0.2) is 83.8 Å². The molecule has 0 radical (unpaired) electrons. The maximum Gasteiger partial charge on any atom is 0.408 e. The van der Waals surface area contributed by atoms with Gasteiger partial charge in [-0.2, -0.15) is 35.1 Å². The van der Waals surface area contributed by atoms with Gasteiger partial charge in [0, 0.05) is 30.7 Å². The Bertz CT molecular complexity index is 2870. The Labute approximate surface area is 412 Å². The minimum atomic E-state index is -2.54. The molecule has 0 bridgehead atoms. The molecule has 76 heavy (non-hydrogen) atoms. The number of alkyl carbamates (subject to hydrolysis) is 1. The van der Waals surface area contributed by atoms with Gasteiger partial charge in [0.25, 0.3) is 0 Å². The molecule has 31 heteroatoms. The molecule has 1 atom stereocenters. The molecule has 0 aliphatic carbocycles. The maximum absolute atomic E-state index is 14.5. The highest BCUT2D eigenvalue weighted by Gasteiger charge is 2.35. The average Bonchev–Trinajstić information content (AvgIpc) is 3.37. The molecule has 0 aliphatic heterocycles. The quantitative estimate of drug-likeness (QED) is 0.0376. The number of benzene rings is 5. The van der Waals surface area contributed by atoms with Crippen molar-refractivity contribution < 1.29 is 127 Å². The van der Waals surface area contributed by atoms with Crippen molar-refractivity contribution in [1.29, 1.82) is 0 Å². The summed E-state index contributed by atoms with van der Waals surface area (Å²) in [5.74, 6) is -57.0. The average molecular weight is 1100 g/mol. The molecule has 5 aromatic carbocycles. The lowest BCUT2D eigenvalue weighted by atomic mass is 10.1. The third-order valence-corrected chi connectivity index (χ3v) is 9.54. The Morgan fingerprint density at radius 2 is 0.711 bits per heavy atom. The molecule has 3 amide bonds. The molecule has 1 N–H and O–H groups in total. The highest BCUT2D eigenvalue weighted by Crippen LogP contribution is 2.30. The van der Waals surface area contributed by atoms with Gasteiger partial charge in [0.05, 0.1) is 0 Å². The predicted octanol–water partition coefficient (Wildman–Crippen LogP) is 7.37. The summed E-state index contributed by atoms with van der Waals surface area (Å²) in [6.45, 7) is -8.19. The van der Waals surface area contributed by atoms with Gasteiger partial charge in [-0.25, -0.2) is 59.1 Å². The Kier molecular flexibility index (Phi) is 19.0. The lowest BCUT2D eigenvalue weighted by molar-refractivity contribution is -0.149. The van der Waals surface area contributed by atoms with E-state index in [1.807, 2.05) is 5.32 Å². The summed E-state index contributed by atoms with van der Waals surface area (Å²) >= 11 is 0. The Hall–Kier alpha value is -8.93. The molecular weight excluding hydrogens is 1080 g/mol. The fourth-order valence-corrected chi connectivity index (χ4v) is 6.03. The smallest absolute Gasteiger partial charge is 0.408 e. The number of rotatable bonds is 19. The first-order valence-electron chi connectivity index (χ1n) is 20.4. The molecule has 15 nitrogen and oxygen atoms in total. The molecule has 0 aromatic heterocycles. The van der Waals surface area contributed by atoms with Gasteiger partial charge < -0.3 is 38.8 Å². The van der Waals surface area contributed by atoms with Crippen molar-refractivity contribution in [2.45, 2.75) is 25.5 Å². The van der Waals surface area contributed by atoms with Crippen LogP contribution in [0.15, 0.2) is 54.6 Å². The number of carbonyl (C=O) groups is 7. The molecule has 0 spiro atoms. The number of nitrogens with zero attached hydrogens (tertiary/aromatic N) is 2. The number of hydrogen-bond acceptors (Lipinski definition) is 12. The van der Waals surface area contributed by atoms with Crippen molar-refractivity contribution in [3.8, 4) is 23.0 Å². The van der Waals surface area contributed by atoms with E-state index in [0.29, 0.717) is 0 Å². The number of esters is 4. The van der Waals surface area contributed by atoms with E-state index in [0.717, 1.165) is 0 Å². The van der Waals surface area contributed by atoms with Crippen LogP contribution < -0.4 is 24.3 Å². The van der Waals surface area contributed by atoms with Crippen molar-refractivity contribution >= 4 is 41.8 Å². The number of carbonyl (C=O) groups excluding carboxylic acids is 7. The third kappa shape index (κ3) is 14.2. The summed E-state index contributed by atoms with van der Waals surface area (Å²) < 4.78 is 249.